The molecule has 1 aromatic rings. The first kappa shape index (κ1) is 9.25. The van der Waals surface area contributed by atoms with Crippen LogP contribution >= 0.6 is 0 Å². The van der Waals surface area contributed by atoms with E-state index in [1.165, 1.54) is 11.1 Å². The Hall–Kier alpha value is -1.31. The molecule has 1 aromatic carbocycles. The molecule has 0 spiro atoms. The fourth-order valence-corrected chi connectivity index (χ4v) is 1.86. The van der Waals surface area contributed by atoms with Crippen LogP contribution in [0.5, 0.6) is 5.75 Å². The number of aldehydes is 1. The number of benzene rings is 1. The molecule has 2 rings (SSSR count). The second kappa shape index (κ2) is 3.82. The number of hydrogen-bond donors (Lipinski definition) is 0. The van der Waals surface area contributed by atoms with Gasteiger partial charge in [0.15, 0.2) is 0 Å². The van der Waals surface area contributed by atoms with Crippen molar-refractivity contribution in [2.45, 2.75) is 32.3 Å². The van der Waals surface area contributed by atoms with Crippen LogP contribution in [0, 0.1) is 0 Å². The SMILES string of the molecule is CC1Cc2cc(CCC=O)ccc2O1. The molecule has 0 amide bonds. The third kappa shape index (κ3) is 1.79. The number of rotatable bonds is 3. The highest BCUT2D eigenvalue weighted by molar-refractivity contribution is 5.50. The molecule has 2 heteroatoms. The third-order valence-corrected chi connectivity index (χ3v) is 2.51. The van der Waals surface area contributed by atoms with E-state index >= 15 is 0 Å². The molecule has 74 valence electrons. The van der Waals surface area contributed by atoms with Crippen molar-refractivity contribution in [2.24, 2.45) is 0 Å². The lowest BCUT2D eigenvalue weighted by Crippen LogP contribution is -2.05. The number of carbonyl (C=O) groups excluding carboxylic acids is 1. The average Bonchev–Trinajstić information content (AvgIpc) is 2.54. The van der Waals surface area contributed by atoms with Gasteiger partial charge in [-0.15, -0.1) is 0 Å². The first-order valence-electron chi connectivity index (χ1n) is 5.01. The maximum atomic E-state index is 10.2. The first-order valence-corrected chi connectivity index (χ1v) is 5.01. The summed E-state index contributed by atoms with van der Waals surface area (Å²) in [5.74, 6) is 1.01. The molecule has 0 aliphatic carbocycles. The molecule has 1 heterocycles. The molecule has 0 saturated heterocycles. The summed E-state index contributed by atoms with van der Waals surface area (Å²) in [6.45, 7) is 2.07. The summed E-state index contributed by atoms with van der Waals surface area (Å²) in [6, 6.07) is 6.21. The second-order valence-corrected chi connectivity index (χ2v) is 3.78. The molecule has 1 aliphatic heterocycles. The molecular weight excluding hydrogens is 176 g/mol. The summed E-state index contributed by atoms with van der Waals surface area (Å²) >= 11 is 0. The maximum Gasteiger partial charge on any atom is 0.123 e. The van der Waals surface area contributed by atoms with Crippen molar-refractivity contribution in [2.75, 3.05) is 0 Å². The summed E-state index contributed by atoms with van der Waals surface area (Å²) < 4.78 is 5.60. The highest BCUT2D eigenvalue weighted by atomic mass is 16.5. The van der Waals surface area contributed by atoms with Gasteiger partial charge in [-0.3, -0.25) is 0 Å². The highest BCUT2D eigenvalue weighted by Gasteiger charge is 2.18. The lowest BCUT2D eigenvalue weighted by molar-refractivity contribution is -0.107. The molecule has 1 atom stereocenters. The zero-order valence-electron chi connectivity index (χ0n) is 8.32. The number of hydrogen-bond acceptors (Lipinski definition) is 2. The Bertz CT molecular complexity index is 344. The van der Waals surface area contributed by atoms with Crippen molar-refractivity contribution in [1.29, 1.82) is 0 Å². The van der Waals surface area contributed by atoms with E-state index < -0.39 is 0 Å². The van der Waals surface area contributed by atoms with Crippen molar-refractivity contribution in [1.82, 2.24) is 0 Å². The van der Waals surface area contributed by atoms with Crippen LogP contribution in [0.2, 0.25) is 0 Å². The second-order valence-electron chi connectivity index (χ2n) is 3.78. The van der Waals surface area contributed by atoms with Gasteiger partial charge in [0.05, 0.1) is 0 Å². The molecule has 1 unspecified atom stereocenters. The maximum absolute atomic E-state index is 10.2. The predicted molar refractivity (Wildman–Crippen MR) is 54.6 cm³/mol. The van der Waals surface area contributed by atoms with Crippen molar-refractivity contribution in [3.05, 3.63) is 29.3 Å². The third-order valence-electron chi connectivity index (χ3n) is 2.51. The molecule has 1 aliphatic rings. The van der Waals surface area contributed by atoms with Gasteiger partial charge in [-0.2, -0.15) is 0 Å². The van der Waals surface area contributed by atoms with Crippen LogP contribution in [-0.2, 0) is 17.6 Å². The molecule has 0 N–H and O–H groups in total. The van der Waals surface area contributed by atoms with Crippen LogP contribution in [0.25, 0.3) is 0 Å². The molecular formula is C12H14O2. The van der Waals surface area contributed by atoms with Gasteiger partial charge in [-0.25, -0.2) is 0 Å². The van der Waals surface area contributed by atoms with Crippen LogP contribution in [0.3, 0.4) is 0 Å². The van der Waals surface area contributed by atoms with E-state index in [0.29, 0.717) is 12.5 Å². The molecule has 0 saturated carbocycles. The van der Waals surface area contributed by atoms with Crippen LogP contribution in [-0.4, -0.2) is 12.4 Å². The molecule has 0 bridgehead atoms. The molecule has 0 aromatic heterocycles. The van der Waals surface area contributed by atoms with Crippen molar-refractivity contribution >= 4 is 6.29 Å². The largest absolute Gasteiger partial charge is 0.490 e. The molecule has 0 radical (unpaired) electrons. The Morgan fingerprint density at radius 2 is 2.43 bits per heavy atom. The van der Waals surface area contributed by atoms with E-state index in [0.717, 1.165) is 24.9 Å². The van der Waals surface area contributed by atoms with Gasteiger partial charge in [-0.05, 0) is 30.5 Å². The summed E-state index contributed by atoms with van der Waals surface area (Å²) in [7, 11) is 0. The van der Waals surface area contributed by atoms with Gasteiger partial charge < -0.3 is 9.53 Å². The smallest absolute Gasteiger partial charge is 0.123 e. The van der Waals surface area contributed by atoms with Crippen LogP contribution < -0.4 is 4.74 Å². The molecule has 0 fully saturated rings. The van der Waals surface area contributed by atoms with E-state index in [1.54, 1.807) is 0 Å². The van der Waals surface area contributed by atoms with Gasteiger partial charge >= 0.3 is 0 Å². The van der Waals surface area contributed by atoms with E-state index in [1.807, 2.05) is 12.1 Å². The quantitative estimate of drug-likeness (QED) is 0.682. The van der Waals surface area contributed by atoms with E-state index in [9.17, 15) is 4.79 Å². The zero-order valence-corrected chi connectivity index (χ0v) is 8.32. The van der Waals surface area contributed by atoms with Gasteiger partial charge in [0.2, 0.25) is 0 Å². The fraction of sp³-hybridized carbons (Fsp3) is 0.417. The first-order chi connectivity index (χ1) is 6.79. The monoisotopic (exact) mass is 190 g/mol. The van der Waals surface area contributed by atoms with Gasteiger partial charge in [0.1, 0.15) is 18.1 Å². The van der Waals surface area contributed by atoms with Gasteiger partial charge in [-0.1, -0.05) is 12.1 Å². The minimum absolute atomic E-state index is 0.298. The summed E-state index contributed by atoms with van der Waals surface area (Å²) in [5.41, 5.74) is 2.51. The van der Waals surface area contributed by atoms with E-state index in [2.05, 4.69) is 13.0 Å². The minimum atomic E-state index is 0.298. The Balaban J connectivity index is 2.15. The summed E-state index contributed by atoms with van der Waals surface area (Å²) in [6.07, 6.45) is 3.70. The average molecular weight is 190 g/mol. The predicted octanol–water partition coefficient (Wildman–Crippen LogP) is 2.14. The molecule has 2 nitrogen and oxygen atoms in total. The van der Waals surface area contributed by atoms with Crippen molar-refractivity contribution in [3.8, 4) is 5.75 Å². The Morgan fingerprint density at radius 1 is 1.57 bits per heavy atom. The number of aryl methyl sites for hydroxylation is 1. The van der Waals surface area contributed by atoms with Crippen molar-refractivity contribution < 1.29 is 9.53 Å². The number of ether oxygens (including phenoxy) is 1. The normalized spacial score (nSPS) is 18.8. The fourth-order valence-electron chi connectivity index (χ4n) is 1.86. The summed E-state index contributed by atoms with van der Waals surface area (Å²) in [5, 5.41) is 0. The Kier molecular flexibility index (Phi) is 2.53. The van der Waals surface area contributed by atoms with Crippen LogP contribution in [0.1, 0.15) is 24.5 Å². The minimum Gasteiger partial charge on any atom is -0.490 e. The van der Waals surface area contributed by atoms with Gasteiger partial charge in [0.25, 0.3) is 0 Å². The van der Waals surface area contributed by atoms with Crippen LogP contribution in [0.15, 0.2) is 18.2 Å². The molecule has 14 heavy (non-hydrogen) atoms. The lowest BCUT2D eigenvalue weighted by Gasteiger charge is -2.02. The highest BCUT2D eigenvalue weighted by Crippen LogP contribution is 2.29. The van der Waals surface area contributed by atoms with Gasteiger partial charge in [0, 0.05) is 12.8 Å². The standard InChI is InChI=1S/C12H14O2/c1-9-7-11-8-10(3-2-6-13)4-5-12(11)14-9/h4-6,8-9H,2-3,7H2,1H3. The van der Waals surface area contributed by atoms with Crippen LogP contribution in [0.4, 0.5) is 0 Å². The zero-order chi connectivity index (χ0) is 9.97. The Morgan fingerprint density at radius 3 is 3.21 bits per heavy atom. The summed E-state index contributed by atoms with van der Waals surface area (Å²) in [4.78, 5) is 10.2. The topological polar surface area (TPSA) is 26.3 Å². The lowest BCUT2D eigenvalue weighted by atomic mass is 10.0. The number of carbonyl (C=O) groups is 1. The Labute approximate surface area is 83.9 Å². The van der Waals surface area contributed by atoms with E-state index in [4.69, 9.17) is 4.74 Å². The van der Waals surface area contributed by atoms with Crippen molar-refractivity contribution in [3.63, 3.8) is 0 Å². The number of fused-ring (bicyclic) bond motifs is 1. The van der Waals surface area contributed by atoms with E-state index in [-0.39, 0.29) is 0 Å².